The van der Waals surface area contributed by atoms with Crippen LogP contribution in [0.25, 0.3) is 11.1 Å². The van der Waals surface area contributed by atoms with Gasteiger partial charge in [-0.05, 0) is 48.9 Å². The fourth-order valence-electron chi connectivity index (χ4n) is 3.06. The van der Waals surface area contributed by atoms with Gasteiger partial charge in [0, 0.05) is 16.3 Å². The summed E-state index contributed by atoms with van der Waals surface area (Å²) in [6.07, 6.45) is 0.785. The number of fused-ring (bicyclic) bond motifs is 1. The monoisotopic (exact) mass is 419 g/mol. The molecule has 0 unspecified atom stereocenters. The average molecular weight is 420 g/mol. The number of para-hydroxylation sites is 1. The van der Waals surface area contributed by atoms with Crippen molar-refractivity contribution in [1.29, 1.82) is 0 Å². The summed E-state index contributed by atoms with van der Waals surface area (Å²) in [5.74, 6) is -0.276. The molecule has 0 fully saturated rings. The van der Waals surface area contributed by atoms with Crippen LogP contribution in [0.5, 0.6) is 0 Å². The quantitative estimate of drug-likeness (QED) is 0.401. The Morgan fingerprint density at radius 1 is 1.07 bits per heavy atom. The number of hydrogen-bond donors (Lipinski definition) is 2. The third-order valence-electron chi connectivity index (χ3n) is 4.68. The van der Waals surface area contributed by atoms with Gasteiger partial charge >= 0.3 is 0 Å². The molecule has 4 rings (SSSR count). The molecule has 0 aliphatic heterocycles. The Kier molecular flexibility index (Phi) is 5.50. The van der Waals surface area contributed by atoms with Crippen LogP contribution in [0.15, 0.2) is 71.1 Å². The molecule has 6 nitrogen and oxygen atoms in total. The minimum Gasteiger partial charge on any atom is -0.422 e. The first-order valence-corrected chi connectivity index (χ1v) is 9.69. The fourth-order valence-corrected chi connectivity index (χ4v) is 3.18. The van der Waals surface area contributed by atoms with E-state index in [1.54, 1.807) is 42.5 Å². The molecule has 0 aliphatic rings. The van der Waals surface area contributed by atoms with Crippen LogP contribution in [0.3, 0.4) is 0 Å². The maximum absolute atomic E-state index is 12.9. The van der Waals surface area contributed by atoms with Crippen molar-refractivity contribution >= 4 is 46.6 Å². The molecule has 3 aromatic carbocycles. The maximum Gasteiger partial charge on any atom is 0.300 e. The van der Waals surface area contributed by atoms with Gasteiger partial charge in [0.2, 0.25) is 0 Å². The Labute approximate surface area is 177 Å². The predicted molar refractivity (Wildman–Crippen MR) is 116 cm³/mol. The molecule has 0 saturated heterocycles. The largest absolute Gasteiger partial charge is 0.422 e. The zero-order chi connectivity index (χ0) is 21.1. The standard InChI is InChI=1S/C23H18ClN3O3/c1-14(16-7-5-15(13-28)6-8-16)25-22(29)19-3-2-4-20-21(19)30-23(27-20)26-18-11-9-17(24)10-12-18/h2-14H,1H3,(H,25,29)(H,26,27)/t14-/m0/s1. The van der Waals surface area contributed by atoms with Crippen molar-refractivity contribution in [2.45, 2.75) is 13.0 Å². The molecule has 1 amide bonds. The summed E-state index contributed by atoms with van der Waals surface area (Å²) in [6.45, 7) is 1.88. The van der Waals surface area contributed by atoms with Crippen LogP contribution in [-0.2, 0) is 0 Å². The lowest BCUT2D eigenvalue weighted by Gasteiger charge is -2.14. The molecule has 2 N–H and O–H groups in total. The van der Waals surface area contributed by atoms with Gasteiger partial charge in [-0.2, -0.15) is 4.98 Å². The summed E-state index contributed by atoms with van der Waals surface area (Å²) in [4.78, 5) is 28.1. The Morgan fingerprint density at radius 2 is 1.80 bits per heavy atom. The zero-order valence-corrected chi connectivity index (χ0v) is 16.8. The molecule has 150 valence electrons. The second kappa shape index (κ2) is 8.39. The fraction of sp³-hybridized carbons (Fsp3) is 0.0870. The molecule has 1 aromatic heterocycles. The van der Waals surface area contributed by atoms with E-state index in [1.165, 1.54) is 0 Å². The highest BCUT2D eigenvalue weighted by Gasteiger charge is 2.18. The Hall–Kier alpha value is -3.64. The first-order chi connectivity index (χ1) is 14.5. The van der Waals surface area contributed by atoms with E-state index in [4.69, 9.17) is 16.0 Å². The van der Waals surface area contributed by atoms with Gasteiger partial charge in [0.1, 0.15) is 11.8 Å². The minimum absolute atomic E-state index is 0.247. The molecule has 7 heteroatoms. The molecular formula is C23H18ClN3O3. The summed E-state index contributed by atoms with van der Waals surface area (Å²) < 4.78 is 5.82. The van der Waals surface area contributed by atoms with Crippen molar-refractivity contribution in [1.82, 2.24) is 10.3 Å². The van der Waals surface area contributed by atoms with Gasteiger partial charge in [-0.25, -0.2) is 0 Å². The van der Waals surface area contributed by atoms with E-state index in [2.05, 4.69) is 15.6 Å². The number of benzene rings is 3. The highest BCUT2D eigenvalue weighted by molar-refractivity contribution is 6.30. The summed E-state index contributed by atoms with van der Waals surface area (Å²) in [6, 6.07) is 19.5. The van der Waals surface area contributed by atoms with Crippen LogP contribution in [0, 0.1) is 0 Å². The molecule has 4 aromatic rings. The van der Waals surface area contributed by atoms with E-state index < -0.39 is 0 Å². The molecule has 1 atom stereocenters. The minimum atomic E-state index is -0.276. The van der Waals surface area contributed by atoms with Crippen molar-refractivity contribution in [3.05, 3.63) is 88.4 Å². The van der Waals surface area contributed by atoms with Gasteiger partial charge in [0.15, 0.2) is 5.58 Å². The highest BCUT2D eigenvalue weighted by atomic mass is 35.5. The number of oxazole rings is 1. The van der Waals surface area contributed by atoms with Crippen molar-refractivity contribution in [3.8, 4) is 0 Å². The van der Waals surface area contributed by atoms with Crippen LogP contribution in [0.1, 0.15) is 39.2 Å². The predicted octanol–water partition coefficient (Wildman–Crippen LogP) is 5.53. The molecule has 30 heavy (non-hydrogen) atoms. The van der Waals surface area contributed by atoms with Gasteiger partial charge in [0.25, 0.3) is 11.9 Å². The molecule has 0 radical (unpaired) electrons. The molecule has 0 bridgehead atoms. The number of carbonyl (C=O) groups excluding carboxylic acids is 2. The third-order valence-corrected chi connectivity index (χ3v) is 4.93. The number of anilines is 2. The van der Waals surface area contributed by atoms with Gasteiger partial charge in [0.05, 0.1) is 11.6 Å². The average Bonchev–Trinajstić information content (AvgIpc) is 3.17. The number of hydrogen-bond acceptors (Lipinski definition) is 5. The van der Waals surface area contributed by atoms with Gasteiger partial charge in [-0.15, -0.1) is 0 Å². The summed E-state index contributed by atoms with van der Waals surface area (Å²) >= 11 is 5.91. The Balaban J connectivity index is 1.55. The lowest BCUT2D eigenvalue weighted by molar-refractivity contribution is 0.0940. The van der Waals surface area contributed by atoms with E-state index in [1.807, 2.05) is 31.2 Å². The molecular weight excluding hydrogens is 402 g/mol. The van der Waals surface area contributed by atoms with Crippen LogP contribution in [0.4, 0.5) is 11.7 Å². The first-order valence-electron chi connectivity index (χ1n) is 9.31. The first kappa shape index (κ1) is 19.7. The van der Waals surface area contributed by atoms with Gasteiger partial charge in [-0.1, -0.05) is 41.9 Å². The summed E-state index contributed by atoms with van der Waals surface area (Å²) in [5.41, 5.74) is 3.61. The Bertz CT molecular complexity index is 1200. The SMILES string of the molecule is C[C@H](NC(=O)c1cccc2nc(Nc3ccc(Cl)cc3)oc12)c1ccc(C=O)cc1. The lowest BCUT2D eigenvalue weighted by Crippen LogP contribution is -2.26. The number of aldehydes is 1. The molecule has 1 heterocycles. The van der Waals surface area contributed by atoms with Crippen molar-refractivity contribution in [2.24, 2.45) is 0 Å². The normalized spacial score (nSPS) is 11.8. The highest BCUT2D eigenvalue weighted by Crippen LogP contribution is 2.26. The van der Waals surface area contributed by atoms with Crippen molar-refractivity contribution in [3.63, 3.8) is 0 Å². The third kappa shape index (κ3) is 4.18. The molecule has 0 aliphatic carbocycles. The van der Waals surface area contributed by atoms with E-state index in [-0.39, 0.29) is 18.0 Å². The number of nitrogens with zero attached hydrogens (tertiary/aromatic N) is 1. The van der Waals surface area contributed by atoms with Crippen molar-refractivity contribution in [2.75, 3.05) is 5.32 Å². The van der Waals surface area contributed by atoms with Crippen LogP contribution in [-0.4, -0.2) is 17.2 Å². The van der Waals surface area contributed by atoms with Crippen LogP contribution in [0.2, 0.25) is 5.02 Å². The summed E-state index contributed by atoms with van der Waals surface area (Å²) in [7, 11) is 0. The number of halogens is 1. The number of aromatic nitrogens is 1. The van der Waals surface area contributed by atoms with Crippen molar-refractivity contribution < 1.29 is 14.0 Å². The number of amides is 1. The molecule has 0 spiro atoms. The maximum atomic E-state index is 12.9. The number of nitrogens with one attached hydrogen (secondary N) is 2. The van der Waals surface area contributed by atoms with Crippen LogP contribution < -0.4 is 10.6 Å². The van der Waals surface area contributed by atoms with E-state index in [9.17, 15) is 9.59 Å². The van der Waals surface area contributed by atoms with E-state index in [0.717, 1.165) is 17.5 Å². The van der Waals surface area contributed by atoms with E-state index >= 15 is 0 Å². The Morgan fingerprint density at radius 3 is 2.50 bits per heavy atom. The van der Waals surface area contributed by atoms with Gasteiger partial charge in [-0.3, -0.25) is 9.59 Å². The number of carbonyl (C=O) groups is 2. The van der Waals surface area contributed by atoms with Gasteiger partial charge < -0.3 is 15.1 Å². The zero-order valence-electron chi connectivity index (χ0n) is 16.1. The molecule has 0 saturated carbocycles. The van der Waals surface area contributed by atoms with Crippen LogP contribution >= 0.6 is 11.6 Å². The smallest absolute Gasteiger partial charge is 0.300 e. The summed E-state index contributed by atoms with van der Waals surface area (Å²) in [5, 5.41) is 6.66. The van der Waals surface area contributed by atoms with E-state index in [0.29, 0.717) is 27.2 Å². The topological polar surface area (TPSA) is 84.2 Å². The second-order valence-corrected chi connectivity index (χ2v) is 7.22. The second-order valence-electron chi connectivity index (χ2n) is 6.78. The number of rotatable bonds is 6. The lowest BCUT2D eigenvalue weighted by atomic mass is 10.1.